The number of halogens is 2. The van der Waals surface area contributed by atoms with Crippen LogP contribution in [0.4, 0.5) is 0 Å². The third-order valence-electron chi connectivity index (χ3n) is 5.04. The van der Waals surface area contributed by atoms with E-state index in [-0.39, 0.29) is 11.2 Å². The molecular weight excluding hydrogens is 443 g/mol. The highest BCUT2D eigenvalue weighted by molar-refractivity contribution is 6.37. The third-order valence-corrected chi connectivity index (χ3v) is 5.59. The number of benzene rings is 3. The third kappa shape index (κ3) is 6.15. The normalized spacial score (nSPS) is 11.6. The van der Waals surface area contributed by atoms with E-state index < -0.39 is 0 Å². The van der Waals surface area contributed by atoms with Gasteiger partial charge in [-0.3, -0.25) is 4.79 Å². The maximum Gasteiger partial charge on any atom is 0.187 e. The molecule has 0 saturated carbocycles. The fourth-order valence-corrected chi connectivity index (χ4v) is 3.68. The molecule has 0 aromatic heterocycles. The molecule has 3 rings (SSSR count). The molecule has 0 aliphatic rings. The number of rotatable bonds is 7. The monoisotopic (exact) mass is 468 g/mol. The molecule has 166 valence electrons. The fraction of sp³-hybridized carbons (Fsp3) is 0.222. The van der Waals surface area contributed by atoms with Gasteiger partial charge in [-0.05, 0) is 65.1 Å². The van der Waals surface area contributed by atoms with Crippen LogP contribution in [0.3, 0.4) is 0 Å². The Morgan fingerprint density at radius 2 is 1.69 bits per heavy atom. The number of carbonyl (C=O) groups excluding carboxylic acids is 1. The quantitative estimate of drug-likeness (QED) is 0.262. The Morgan fingerprint density at radius 3 is 2.31 bits per heavy atom. The summed E-state index contributed by atoms with van der Waals surface area (Å²) in [5.74, 6) is 1.31. The van der Waals surface area contributed by atoms with E-state index in [9.17, 15) is 4.79 Å². The summed E-state index contributed by atoms with van der Waals surface area (Å²) in [5, 5.41) is 0.817. The number of ether oxygens (including phenoxy) is 2. The van der Waals surface area contributed by atoms with E-state index >= 15 is 0 Å². The molecule has 0 unspecified atom stereocenters. The first-order chi connectivity index (χ1) is 15.2. The predicted molar refractivity (Wildman–Crippen MR) is 132 cm³/mol. The number of hydrogen-bond acceptors (Lipinski definition) is 3. The van der Waals surface area contributed by atoms with E-state index in [4.69, 9.17) is 32.7 Å². The second kappa shape index (κ2) is 10.2. The first kappa shape index (κ1) is 23.9. The van der Waals surface area contributed by atoms with Gasteiger partial charge in [0.1, 0.15) is 18.1 Å². The van der Waals surface area contributed by atoms with E-state index in [1.165, 1.54) is 11.6 Å². The Labute approximate surface area is 199 Å². The topological polar surface area (TPSA) is 35.5 Å². The van der Waals surface area contributed by atoms with E-state index in [0.717, 1.165) is 22.6 Å². The van der Waals surface area contributed by atoms with E-state index in [0.29, 0.717) is 22.2 Å². The van der Waals surface area contributed by atoms with E-state index in [1.54, 1.807) is 31.4 Å². The van der Waals surface area contributed by atoms with Gasteiger partial charge < -0.3 is 9.47 Å². The SMILES string of the molecule is COc1ccc(/C=C/C(=O)c2ccc(Cl)cc2Cl)cc1COc1ccc(C(C)(C)C)cc1. The number of allylic oxidation sites excluding steroid dienone is 1. The predicted octanol–water partition coefficient (Wildman–Crippen LogP) is 7.77. The van der Waals surface area contributed by atoms with Crippen LogP contribution in [0.2, 0.25) is 10.0 Å². The highest BCUT2D eigenvalue weighted by Gasteiger charge is 2.13. The molecule has 0 N–H and O–H groups in total. The molecule has 0 spiro atoms. The van der Waals surface area contributed by atoms with Crippen LogP contribution in [0.15, 0.2) is 66.7 Å². The van der Waals surface area contributed by atoms with Crippen LogP contribution >= 0.6 is 23.2 Å². The summed E-state index contributed by atoms with van der Waals surface area (Å²) in [5.41, 5.74) is 3.48. The maximum atomic E-state index is 12.5. The zero-order chi connectivity index (χ0) is 23.3. The molecule has 3 aromatic carbocycles. The van der Waals surface area contributed by atoms with Crippen molar-refractivity contribution in [3.05, 3.63) is 99.0 Å². The molecule has 3 aromatic rings. The highest BCUT2D eigenvalue weighted by atomic mass is 35.5. The summed E-state index contributed by atoms with van der Waals surface area (Å²) < 4.78 is 11.5. The van der Waals surface area contributed by atoms with Gasteiger partial charge in [0.25, 0.3) is 0 Å². The summed E-state index contributed by atoms with van der Waals surface area (Å²) in [4.78, 5) is 12.5. The number of methoxy groups -OCH3 is 1. The van der Waals surface area contributed by atoms with Crippen LogP contribution in [0.1, 0.15) is 47.8 Å². The van der Waals surface area contributed by atoms with Gasteiger partial charge in [0.05, 0.1) is 12.1 Å². The molecule has 5 heteroatoms. The smallest absolute Gasteiger partial charge is 0.187 e. The largest absolute Gasteiger partial charge is 0.496 e. The van der Waals surface area contributed by atoms with E-state index in [2.05, 4.69) is 32.9 Å². The molecule has 3 nitrogen and oxygen atoms in total. The minimum Gasteiger partial charge on any atom is -0.496 e. The lowest BCUT2D eigenvalue weighted by Gasteiger charge is -2.19. The lowest BCUT2D eigenvalue weighted by Crippen LogP contribution is -2.10. The summed E-state index contributed by atoms with van der Waals surface area (Å²) >= 11 is 12.0. The lowest BCUT2D eigenvalue weighted by molar-refractivity contribution is 0.104. The first-order valence-electron chi connectivity index (χ1n) is 10.2. The van der Waals surface area contributed by atoms with Crippen LogP contribution in [-0.2, 0) is 12.0 Å². The van der Waals surface area contributed by atoms with Gasteiger partial charge in [0.2, 0.25) is 0 Å². The van der Waals surface area contributed by atoms with Gasteiger partial charge in [-0.1, -0.05) is 68.2 Å². The average Bonchev–Trinajstić information content (AvgIpc) is 2.75. The summed E-state index contributed by atoms with van der Waals surface area (Å²) in [7, 11) is 1.62. The van der Waals surface area contributed by atoms with Crippen LogP contribution in [-0.4, -0.2) is 12.9 Å². The molecule has 0 heterocycles. The van der Waals surface area contributed by atoms with Crippen molar-refractivity contribution in [3.8, 4) is 11.5 Å². The van der Waals surface area contributed by atoms with Crippen molar-refractivity contribution < 1.29 is 14.3 Å². The van der Waals surface area contributed by atoms with Crippen molar-refractivity contribution in [2.24, 2.45) is 0 Å². The molecule has 32 heavy (non-hydrogen) atoms. The lowest BCUT2D eigenvalue weighted by atomic mass is 9.87. The zero-order valence-electron chi connectivity index (χ0n) is 18.6. The summed E-state index contributed by atoms with van der Waals surface area (Å²) in [6, 6.07) is 18.6. The highest BCUT2D eigenvalue weighted by Crippen LogP contribution is 2.27. The zero-order valence-corrected chi connectivity index (χ0v) is 20.1. The molecule has 0 amide bonds. The first-order valence-corrected chi connectivity index (χ1v) is 11.0. The Balaban J connectivity index is 1.73. The number of ketones is 1. The Hall–Kier alpha value is -2.75. The van der Waals surface area contributed by atoms with Crippen LogP contribution in [0.25, 0.3) is 6.08 Å². The van der Waals surface area contributed by atoms with Gasteiger partial charge in [-0.2, -0.15) is 0 Å². The van der Waals surface area contributed by atoms with Crippen molar-refractivity contribution in [3.63, 3.8) is 0 Å². The number of carbonyl (C=O) groups is 1. The standard InChI is InChI=1S/C27H26Cl2O3/c1-27(2,3)20-7-10-22(11-8-20)32-17-19-15-18(6-14-26(19)31-4)5-13-25(30)23-12-9-21(28)16-24(23)29/h5-16H,17H2,1-4H3/b13-5+. The van der Waals surface area contributed by atoms with Crippen LogP contribution in [0.5, 0.6) is 11.5 Å². The molecule has 0 radical (unpaired) electrons. The second-order valence-corrected chi connectivity index (χ2v) is 9.30. The van der Waals surface area contributed by atoms with Gasteiger partial charge in [-0.25, -0.2) is 0 Å². The van der Waals surface area contributed by atoms with Gasteiger partial charge in [-0.15, -0.1) is 0 Å². The van der Waals surface area contributed by atoms with E-state index in [1.807, 2.05) is 30.3 Å². The molecule has 0 saturated heterocycles. The molecule has 0 bridgehead atoms. The average molecular weight is 469 g/mol. The van der Waals surface area contributed by atoms with Crippen LogP contribution < -0.4 is 9.47 Å². The van der Waals surface area contributed by atoms with Gasteiger partial charge in [0, 0.05) is 16.1 Å². The van der Waals surface area contributed by atoms with Gasteiger partial charge >= 0.3 is 0 Å². The van der Waals surface area contributed by atoms with Crippen molar-refractivity contribution in [2.45, 2.75) is 32.8 Å². The number of hydrogen-bond donors (Lipinski definition) is 0. The fourth-order valence-electron chi connectivity index (χ4n) is 3.18. The molecule has 0 aliphatic carbocycles. The Bertz CT molecular complexity index is 1130. The molecule has 0 fully saturated rings. The summed E-state index contributed by atoms with van der Waals surface area (Å²) in [6.45, 7) is 6.88. The van der Waals surface area contributed by atoms with Crippen molar-refractivity contribution in [2.75, 3.05) is 7.11 Å². The summed E-state index contributed by atoms with van der Waals surface area (Å²) in [6.07, 6.45) is 3.24. The van der Waals surface area contributed by atoms with Crippen molar-refractivity contribution >= 4 is 35.1 Å². The maximum absolute atomic E-state index is 12.5. The second-order valence-electron chi connectivity index (χ2n) is 8.46. The molecule has 0 atom stereocenters. The Kier molecular flexibility index (Phi) is 7.65. The van der Waals surface area contributed by atoms with Crippen LogP contribution in [0, 0.1) is 0 Å². The van der Waals surface area contributed by atoms with Gasteiger partial charge in [0.15, 0.2) is 5.78 Å². The Morgan fingerprint density at radius 1 is 0.969 bits per heavy atom. The van der Waals surface area contributed by atoms with Crippen molar-refractivity contribution in [1.29, 1.82) is 0 Å². The van der Waals surface area contributed by atoms with Crippen molar-refractivity contribution in [1.82, 2.24) is 0 Å². The molecular formula is C27H26Cl2O3. The minimum atomic E-state index is -0.195. The minimum absolute atomic E-state index is 0.0933. The molecule has 0 aliphatic heterocycles.